The number of carbonyl (C=O) groups is 1. The second-order valence-corrected chi connectivity index (χ2v) is 4.55. The van der Waals surface area contributed by atoms with E-state index in [0.717, 1.165) is 6.26 Å². The number of aromatic amines is 1. The van der Waals surface area contributed by atoms with Crippen molar-refractivity contribution in [1.82, 2.24) is 4.98 Å². The van der Waals surface area contributed by atoms with Gasteiger partial charge in [-0.2, -0.15) is 0 Å². The van der Waals surface area contributed by atoms with Crippen molar-refractivity contribution in [3.05, 3.63) is 18.0 Å². The van der Waals surface area contributed by atoms with Crippen LogP contribution in [0.25, 0.3) is 0 Å². The number of nitrogens with one attached hydrogen (secondary N) is 1. The van der Waals surface area contributed by atoms with Crippen LogP contribution in [0.1, 0.15) is 17.3 Å². The van der Waals surface area contributed by atoms with Crippen molar-refractivity contribution in [1.29, 1.82) is 0 Å². The normalized spacial score (nSPS) is 11.5. The zero-order chi connectivity index (χ0) is 9.35. The number of carbonyl (C=O) groups excluding carboxylic acids is 1. The molecule has 0 saturated carbocycles. The number of hydrogen-bond acceptors (Lipinski definition) is 3. The van der Waals surface area contributed by atoms with Crippen LogP contribution < -0.4 is 0 Å². The average Bonchev–Trinajstić information content (AvgIpc) is 2.30. The van der Waals surface area contributed by atoms with Gasteiger partial charge < -0.3 is 4.98 Å². The van der Waals surface area contributed by atoms with Crippen molar-refractivity contribution < 1.29 is 13.2 Å². The molecule has 0 unspecified atom stereocenters. The fraction of sp³-hybridized carbons (Fsp3) is 0.286. The first-order valence-electron chi connectivity index (χ1n) is 3.30. The predicted molar refractivity (Wildman–Crippen MR) is 43.9 cm³/mol. The molecular weight excluding hydrogens is 178 g/mol. The van der Waals surface area contributed by atoms with Gasteiger partial charge >= 0.3 is 0 Å². The molecule has 1 aromatic heterocycles. The summed E-state index contributed by atoms with van der Waals surface area (Å²) >= 11 is 0. The Morgan fingerprint density at radius 3 is 2.33 bits per heavy atom. The summed E-state index contributed by atoms with van der Waals surface area (Å²) in [7, 11) is -3.29. The van der Waals surface area contributed by atoms with Gasteiger partial charge in [0, 0.05) is 18.6 Å². The van der Waals surface area contributed by atoms with Gasteiger partial charge in [-0.3, -0.25) is 4.79 Å². The van der Waals surface area contributed by atoms with Gasteiger partial charge in [0.05, 0.1) is 10.5 Å². The van der Waals surface area contributed by atoms with Gasteiger partial charge in [-0.1, -0.05) is 0 Å². The minimum atomic E-state index is -3.29. The van der Waals surface area contributed by atoms with E-state index in [1.165, 1.54) is 19.3 Å². The van der Waals surface area contributed by atoms with Crippen LogP contribution in [0.2, 0.25) is 0 Å². The highest BCUT2D eigenvalue weighted by atomic mass is 32.2. The summed E-state index contributed by atoms with van der Waals surface area (Å²) in [6.07, 6.45) is 3.77. The second kappa shape index (κ2) is 2.75. The Labute approximate surface area is 70.5 Å². The lowest BCUT2D eigenvalue weighted by atomic mass is 10.2. The number of H-pyrrole nitrogens is 1. The number of rotatable bonds is 2. The molecular formula is C7H9NO3S. The lowest BCUT2D eigenvalue weighted by Gasteiger charge is -1.95. The van der Waals surface area contributed by atoms with Gasteiger partial charge in [-0.25, -0.2) is 8.42 Å². The van der Waals surface area contributed by atoms with Crippen molar-refractivity contribution in [3.8, 4) is 0 Å². The Morgan fingerprint density at radius 2 is 2.00 bits per heavy atom. The number of sulfone groups is 1. The fourth-order valence-electron chi connectivity index (χ4n) is 0.931. The minimum Gasteiger partial charge on any atom is -0.366 e. The van der Waals surface area contributed by atoms with Gasteiger partial charge in [0.15, 0.2) is 15.6 Å². The first-order valence-corrected chi connectivity index (χ1v) is 5.20. The van der Waals surface area contributed by atoms with Crippen molar-refractivity contribution in [3.63, 3.8) is 0 Å². The van der Waals surface area contributed by atoms with Crippen LogP contribution in [0.3, 0.4) is 0 Å². The molecule has 0 amide bonds. The summed E-state index contributed by atoms with van der Waals surface area (Å²) in [4.78, 5) is 13.5. The molecule has 0 aromatic carbocycles. The van der Waals surface area contributed by atoms with Crippen LogP contribution in [0.5, 0.6) is 0 Å². The summed E-state index contributed by atoms with van der Waals surface area (Å²) < 4.78 is 22.1. The summed E-state index contributed by atoms with van der Waals surface area (Å²) in [5.74, 6) is -0.253. The SMILES string of the molecule is CC(=O)c1c[nH]cc1S(C)(=O)=O. The third-order valence-corrected chi connectivity index (χ3v) is 2.62. The zero-order valence-electron chi connectivity index (χ0n) is 6.79. The first kappa shape index (κ1) is 8.99. The number of hydrogen-bond donors (Lipinski definition) is 1. The quantitative estimate of drug-likeness (QED) is 0.690. The molecule has 0 aliphatic rings. The molecule has 0 radical (unpaired) electrons. The van der Waals surface area contributed by atoms with E-state index in [4.69, 9.17) is 0 Å². The highest BCUT2D eigenvalue weighted by molar-refractivity contribution is 7.90. The van der Waals surface area contributed by atoms with Crippen LogP contribution >= 0.6 is 0 Å². The first-order chi connectivity index (χ1) is 5.43. The Balaban J connectivity index is 3.36. The molecule has 4 nitrogen and oxygen atoms in total. The largest absolute Gasteiger partial charge is 0.366 e. The Morgan fingerprint density at radius 1 is 1.42 bits per heavy atom. The molecule has 1 rings (SSSR count). The molecule has 0 atom stereocenters. The summed E-state index contributed by atoms with van der Waals surface area (Å²) in [5, 5.41) is 0. The minimum absolute atomic E-state index is 0.0648. The zero-order valence-corrected chi connectivity index (χ0v) is 7.60. The van der Waals surface area contributed by atoms with Crippen molar-refractivity contribution in [2.24, 2.45) is 0 Å². The van der Waals surface area contributed by atoms with Gasteiger partial charge in [-0.15, -0.1) is 0 Å². The van der Waals surface area contributed by atoms with Gasteiger partial charge in [0.2, 0.25) is 0 Å². The van der Waals surface area contributed by atoms with E-state index in [-0.39, 0.29) is 16.2 Å². The molecule has 12 heavy (non-hydrogen) atoms. The number of Topliss-reactive ketones (excluding diaryl/α,β-unsaturated/α-hetero) is 1. The van der Waals surface area contributed by atoms with Crippen LogP contribution in [0.15, 0.2) is 17.3 Å². The predicted octanol–water partition coefficient (Wildman–Crippen LogP) is 0.621. The Hall–Kier alpha value is -1.10. The van der Waals surface area contributed by atoms with E-state index >= 15 is 0 Å². The van der Waals surface area contributed by atoms with E-state index in [9.17, 15) is 13.2 Å². The van der Waals surface area contributed by atoms with Crippen molar-refractivity contribution in [2.75, 3.05) is 6.26 Å². The molecule has 5 heteroatoms. The molecule has 0 spiro atoms. The lowest BCUT2D eigenvalue weighted by molar-refractivity contribution is 0.101. The summed E-state index contributed by atoms with van der Waals surface area (Å²) in [5.41, 5.74) is 0.220. The number of aromatic nitrogens is 1. The van der Waals surface area contributed by atoms with Gasteiger partial charge in [0.1, 0.15) is 0 Å². The van der Waals surface area contributed by atoms with Crippen LogP contribution in [0, 0.1) is 0 Å². The maximum atomic E-state index is 11.0. The molecule has 1 N–H and O–H groups in total. The smallest absolute Gasteiger partial charge is 0.177 e. The third kappa shape index (κ3) is 1.55. The Bertz CT molecular complexity index is 402. The molecule has 0 aliphatic heterocycles. The van der Waals surface area contributed by atoms with E-state index in [2.05, 4.69) is 4.98 Å². The molecule has 1 heterocycles. The molecule has 0 saturated heterocycles. The van der Waals surface area contributed by atoms with Crippen LogP contribution in [-0.4, -0.2) is 25.4 Å². The van der Waals surface area contributed by atoms with Gasteiger partial charge in [-0.05, 0) is 6.92 Å². The monoisotopic (exact) mass is 187 g/mol. The number of ketones is 1. The molecule has 0 bridgehead atoms. The van der Waals surface area contributed by atoms with Crippen LogP contribution in [0.4, 0.5) is 0 Å². The van der Waals surface area contributed by atoms with E-state index < -0.39 is 9.84 Å². The molecule has 0 fully saturated rings. The van der Waals surface area contributed by atoms with E-state index in [1.807, 2.05) is 0 Å². The van der Waals surface area contributed by atoms with Crippen molar-refractivity contribution in [2.45, 2.75) is 11.8 Å². The summed E-state index contributed by atoms with van der Waals surface area (Å²) in [6, 6.07) is 0. The standard InChI is InChI=1S/C7H9NO3S/c1-5(9)6-3-8-4-7(6)12(2,10)11/h3-4,8H,1-2H3. The van der Waals surface area contributed by atoms with E-state index in [0.29, 0.717) is 0 Å². The van der Waals surface area contributed by atoms with E-state index in [1.54, 1.807) is 0 Å². The Kier molecular flexibility index (Phi) is 2.06. The average molecular weight is 187 g/mol. The van der Waals surface area contributed by atoms with Crippen LogP contribution in [-0.2, 0) is 9.84 Å². The molecule has 0 aliphatic carbocycles. The van der Waals surface area contributed by atoms with Crippen molar-refractivity contribution >= 4 is 15.6 Å². The van der Waals surface area contributed by atoms with Gasteiger partial charge in [0.25, 0.3) is 0 Å². The maximum Gasteiger partial charge on any atom is 0.177 e. The third-order valence-electron chi connectivity index (χ3n) is 1.49. The molecule has 1 aromatic rings. The maximum absolute atomic E-state index is 11.0. The topological polar surface area (TPSA) is 67.0 Å². The molecule has 66 valence electrons. The summed E-state index contributed by atoms with van der Waals surface area (Å²) in [6.45, 7) is 1.33. The second-order valence-electron chi connectivity index (χ2n) is 2.56. The lowest BCUT2D eigenvalue weighted by Crippen LogP contribution is -2.02. The fourth-order valence-corrected chi connectivity index (χ4v) is 1.82. The highest BCUT2D eigenvalue weighted by Gasteiger charge is 2.16. The highest BCUT2D eigenvalue weighted by Crippen LogP contribution is 2.14.